The maximum Gasteiger partial charge on any atom is 0.416 e. The van der Waals surface area contributed by atoms with Gasteiger partial charge in [0.25, 0.3) is 5.91 Å². The van der Waals surface area contributed by atoms with Gasteiger partial charge in [-0.2, -0.15) is 13.2 Å². The number of carbonyl (C=O) groups excluding carboxylic acids is 1. The van der Waals surface area contributed by atoms with Gasteiger partial charge in [0.2, 0.25) is 0 Å². The molecule has 0 saturated carbocycles. The lowest BCUT2D eigenvalue weighted by Crippen LogP contribution is -2.48. The number of nitrogens with zero attached hydrogens (tertiary/aromatic N) is 2. The summed E-state index contributed by atoms with van der Waals surface area (Å²) in [7, 11) is 1.59. The summed E-state index contributed by atoms with van der Waals surface area (Å²) in [6.45, 7) is 2.65. The second-order valence-electron chi connectivity index (χ2n) is 6.70. The Kier molecular flexibility index (Phi) is 6.64. The van der Waals surface area contributed by atoms with Crippen molar-refractivity contribution < 1.29 is 27.4 Å². The van der Waals surface area contributed by atoms with Crippen LogP contribution in [0.1, 0.15) is 15.9 Å². The molecule has 0 bridgehead atoms. The Hall–Kier alpha value is -2.74. The zero-order valence-corrected chi connectivity index (χ0v) is 16.1. The van der Waals surface area contributed by atoms with Gasteiger partial charge in [-0.05, 0) is 36.4 Å². The van der Waals surface area contributed by atoms with Gasteiger partial charge in [0.1, 0.15) is 12.4 Å². The number of anilines is 1. The second-order valence-corrected chi connectivity index (χ2v) is 6.70. The smallest absolute Gasteiger partial charge is 0.416 e. The topological polar surface area (TPSA) is 42.0 Å². The van der Waals surface area contributed by atoms with Gasteiger partial charge in [-0.25, -0.2) is 0 Å². The molecule has 1 aliphatic heterocycles. The van der Waals surface area contributed by atoms with Crippen molar-refractivity contribution in [3.05, 3.63) is 59.7 Å². The van der Waals surface area contributed by atoms with E-state index in [0.29, 0.717) is 56.4 Å². The van der Waals surface area contributed by atoms with Crippen molar-refractivity contribution >= 4 is 11.6 Å². The lowest BCUT2D eigenvalue weighted by molar-refractivity contribution is -0.137. The number of methoxy groups -OCH3 is 1. The van der Waals surface area contributed by atoms with E-state index in [1.165, 1.54) is 6.07 Å². The molecule has 0 aromatic heterocycles. The quantitative estimate of drug-likeness (QED) is 0.684. The number of carbonyl (C=O) groups is 1. The highest BCUT2D eigenvalue weighted by Gasteiger charge is 2.31. The summed E-state index contributed by atoms with van der Waals surface area (Å²) >= 11 is 0. The molecule has 1 fully saturated rings. The van der Waals surface area contributed by atoms with Crippen LogP contribution in [0.2, 0.25) is 0 Å². The van der Waals surface area contributed by atoms with Crippen molar-refractivity contribution in [3.63, 3.8) is 0 Å². The molecule has 1 amide bonds. The molecule has 2 aromatic rings. The third-order valence-corrected chi connectivity index (χ3v) is 4.74. The Bertz CT molecular complexity index is 834. The van der Waals surface area contributed by atoms with Crippen LogP contribution in [0.15, 0.2) is 48.5 Å². The molecule has 0 unspecified atom stereocenters. The van der Waals surface area contributed by atoms with Crippen LogP contribution in [-0.4, -0.2) is 57.3 Å². The summed E-state index contributed by atoms with van der Waals surface area (Å²) in [6, 6.07) is 12.2. The van der Waals surface area contributed by atoms with Crippen LogP contribution in [0.25, 0.3) is 0 Å². The van der Waals surface area contributed by atoms with Gasteiger partial charge in [-0.1, -0.05) is 12.1 Å². The van der Waals surface area contributed by atoms with Crippen molar-refractivity contribution in [2.45, 2.75) is 6.18 Å². The Labute approximate surface area is 167 Å². The highest BCUT2D eigenvalue weighted by Crippen LogP contribution is 2.32. The number of rotatable bonds is 6. The molecule has 156 valence electrons. The van der Waals surface area contributed by atoms with Gasteiger partial charge in [0.15, 0.2) is 0 Å². The van der Waals surface area contributed by atoms with Crippen molar-refractivity contribution in [3.8, 4) is 5.75 Å². The Balaban J connectivity index is 1.61. The minimum absolute atomic E-state index is 0.120. The molecule has 0 radical (unpaired) electrons. The first-order chi connectivity index (χ1) is 13.9. The van der Waals surface area contributed by atoms with E-state index in [9.17, 15) is 18.0 Å². The van der Waals surface area contributed by atoms with E-state index in [0.717, 1.165) is 12.1 Å². The first-order valence-corrected chi connectivity index (χ1v) is 9.32. The average Bonchev–Trinajstić information content (AvgIpc) is 2.73. The number of benzene rings is 2. The lowest BCUT2D eigenvalue weighted by Gasteiger charge is -2.36. The van der Waals surface area contributed by atoms with Crippen LogP contribution in [0.3, 0.4) is 0 Å². The summed E-state index contributed by atoms with van der Waals surface area (Å²) in [6.07, 6.45) is -4.37. The number of ether oxygens (including phenoxy) is 2. The normalized spacial score (nSPS) is 14.8. The maximum absolute atomic E-state index is 12.9. The molecule has 29 heavy (non-hydrogen) atoms. The van der Waals surface area contributed by atoms with Gasteiger partial charge in [-0.15, -0.1) is 0 Å². The first-order valence-electron chi connectivity index (χ1n) is 9.32. The maximum atomic E-state index is 12.9. The summed E-state index contributed by atoms with van der Waals surface area (Å²) in [4.78, 5) is 16.4. The minimum Gasteiger partial charge on any atom is -0.491 e. The van der Waals surface area contributed by atoms with Crippen LogP contribution in [0.5, 0.6) is 5.75 Å². The van der Waals surface area contributed by atoms with Gasteiger partial charge in [0.05, 0.1) is 12.2 Å². The fraction of sp³-hybridized carbons (Fsp3) is 0.381. The molecule has 1 aliphatic rings. The van der Waals surface area contributed by atoms with Crippen molar-refractivity contribution in [1.29, 1.82) is 0 Å². The Morgan fingerprint density at radius 1 is 1.00 bits per heavy atom. The average molecular weight is 408 g/mol. The highest BCUT2D eigenvalue weighted by molar-refractivity contribution is 5.94. The molecular weight excluding hydrogens is 385 g/mol. The predicted molar refractivity (Wildman–Crippen MR) is 103 cm³/mol. The Morgan fingerprint density at radius 2 is 1.72 bits per heavy atom. The minimum atomic E-state index is -4.37. The third-order valence-electron chi connectivity index (χ3n) is 4.74. The molecule has 0 N–H and O–H groups in total. The summed E-state index contributed by atoms with van der Waals surface area (Å²) in [5.74, 6) is 0.474. The molecule has 8 heteroatoms. The SMILES string of the molecule is COCCOc1cccc(C(=O)N2CCN(c3cccc(C(F)(F)F)c3)CC2)c1. The van der Waals surface area contributed by atoms with Gasteiger partial charge < -0.3 is 19.3 Å². The monoisotopic (exact) mass is 408 g/mol. The van der Waals surface area contributed by atoms with E-state index in [4.69, 9.17) is 9.47 Å². The number of piperazine rings is 1. The number of alkyl halides is 3. The van der Waals surface area contributed by atoms with E-state index in [1.807, 2.05) is 4.90 Å². The van der Waals surface area contributed by atoms with Crippen LogP contribution < -0.4 is 9.64 Å². The van der Waals surface area contributed by atoms with E-state index < -0.39 is 11.7 Å². The van der Waals surface area contributed by atoms with E-state index >= 15 is 0 Å². The number of amides is 1. The van der Waals surface area contributed by atoms with Crippen molar-refractivity contribution in [1.82, 2.24) is 4.90 Å². The molecular formula is C21H23F3N2O3. The van der Waals surface area contributed by atoms with Crippen molar-refractivity contribution in [2.24, 2.45) is 0 Å². The fourth-order valence-electron chi connectivity index (χ4n) is 3.19. The summed E-state index contributed by atoms with van der Waals surface area (Å²) in [5, 5.41) is 0. The molecule has 0 spiro atoms. The lowest BCUT2D eigenvalue weighted by atomic mass is 10.1. The molecule has 1 heterocycles. The molecule has 0 atom stereocenters. The molecule has 1 saturated heterocycles. The van der Waals surface area contributed by atoms with Crippen LogP contribution >= 0.6 is 0 Å². The molecule has 2 aromatic carbocycles. The number of halogens is 3. The number of hydrogen-bond acceptors (Lipinski definition) is 4. The zero-order chi connectivity index (χ0) is 20.9. The van der Waals surface area contributed by atoms with Crippen LogP contribution in [-0.2, 0) is 10.9 Å². The molecule has 3 rings (SSSR count). The number of hydrogen-bond donors (Lipinski definition) is 0. The van der Waals surface area contributed by atoms with Gasteiger partial charge in [-0.3, -0.25) is 4.79 Å². The van der Waals surface area contributed by atoms with E-state index in [2.05, 4.69) is 0 Å². The predicted octanol–water partition coefficient (Wildman–Crippen LogP) is 3.69. The van der Waals surface area contributed by atoms with Crippen molar-refractivity contribution in [2.75, 3.05) is 51.4 Å². The fourth-order valence-corrected chi connectivity index (χ4v) is 3.19. The zero-order valence-electron chi connectivity index (χ0n) is 16.1. The Morgan fingerprint density at radius 3 is 2.41 bits per heavy atom. The summed E-state index contributed by atoms with van der Waals surface area (Å²) < 4.78 is 49.3. The van der Waals surface area contributed by atoms with Crippen LogP contribution in [0.4, 0.5) is 18.9 Å². The third kappa shape index (κ3) is 5.41. The second kappa shape index (κ2) is 9.17. The van der Waals surface area contributed by atoms with Crippen LogP contribution in [0, 0.1) is 0 Å². The largest absolute Gasteiger partial charge is 0.491 e. The van der Waals surface area contributed by atoms with E-state index in [1.54, 1.807) is 42.3 Å². The molecule has 5 nitrogen and oxygen atoms in total. The van der Waals surface area contributed by atoms with E-state index in [-0.39, 0.29) is 5.91 Å². The van der Waals surface area contributed by atoms with Gasteiger partial charge in [0, 0.05) is 44.5 Å². The first kappa shape index (κ1) is 21.0. The highest BCUT2D eigenvalue weighted by atomic mass is 19.4. The van der Waals surface area contributed by atoms with Gasteiger partial charge >= 0.3 is 6.18 Å². The molecule has 0 aliphatic carbocycles. The summed E-state index contributed by atoms with van der Waals surface area (Å²) in [5.41, 5.74) is 0.367. The standard InChI is InChI=1S/C21H23F3N2O3/c1-28-12-13-29-19-7-2-4-16(14-19)20(27)26-10-8-25(9-11-26)18-6-3-5-17(15-18)21(22,23)24/h2-7,14-15H,8-13H2,1H3.